The normalized spacial score (nSPS) is 17.8. The number of amides is 1. The highest BCUT2D eigenvalue weighted by Gasteiger charge is 2.53. The molecule has 8 heteroatoms. The zero-order chi connectivity index (χ0) is 19.4. The number of aryl methyl sites for hydroxylation is 1. The lowest BCUT2D eigenvalue weighted by atomic mass is 10.2. The Hall–Kier alpha value is -1.59. The van der Waals surface area contributed by atoms with Crippen molar-refractivity contribution in [1.29, 1.82) is 0 Å². The molecule has 1 N–H and O–H groups in total. The molecule has 0 atom stereocenters. The topological polar surface area (TPSA) is 73.2 Å². The van der Waals surface area contributed by atoms with Crippen molar-refractivity contribution >= 4 is 35.0 Å². The average Bonchev–Trinajstić information content (AvgIpc) is 3.47. The van der Waals surface area contributed by atoms with Crippen LogP contribution in [0.2, 0.25) is 0 Å². The van der Waals surface area contributed by atoms with E-state index in [1.165, 1.54) is 11.3 Å². The van der Waals surface area contributed by atoms with Crippen LogP contribution in [0.3, 0.4) is 0 Å². The van der Waals surface area contributed by atoms with E-state index in [0.717, 1.165) is 41.7 Å². The van der Waals surface area contributed by atoms with Crippen molar-refractivity contribution in [2.45, 2.75) is 63.4 Å². The number of anilines is 1. The van der Waals surface area contributed by atoms with Gasteiger partial charge < -0.3 is 9.30 Å². The molecule has 0 aliphatic heterocycles. The van der Waals surface area contributed by atoms with Crippen LogP contribution < -0.4 is 10.8 Å². The fourth-order valence-corrected chi connectivity index (χ4v) is 8.29. The average molecular weight is 407 g/mol. The van der Waals surface area contributed by atoms with Crippen LogP contribution in [0.1, 0.15) is 46.5 Å². The summed E-state index contributed by atoms with van der Waals surface area (Å²) in [7, 11) is -0.462. The summed E-state index contributed by atoms with van der Waals surface area (Å²) in [6.45, 7) is 5.50. The van der Waals surface area contributed by atoms with Gasteiger partial charge >= 0.3 is 6.09 Å². The predicted molar refractivity (Wildman–Crippen MR) is 110 cm³/mol. The second-order valence-corrected chi connectivity index (χ2v) is 12.9. The molecule has 2 aromatic rings. The SMILES string of the molecule is Cn1nc(-c2ccc(NC(=O)OC(C)(C)C)s2)cc1P(=O)(C1CC1)C1CC1. The molecule has 0 bridgehead atoms. The first-order valence-corrected chi connectivity index (χ1v) is 12.1. The van der Waals surface area contributed by atoms with Crippen LogP contribution in [0.25, 0.3) is 10.6 Å². The molecule has 2 aliphatic rings. The van der Waals surface area contributed by atoms with Crippen molar-refractivity contribution in [2.75, 3.05) is 5.32 Å². The van der Waals surface area contributed by atoms with E-state index in [1.54, 1.807) is 0 Å². The van der Waals surface area contributed by atoms with E-state index in [4.69, 9.17) is 4.74 Å². The molecule has 0 radical (unpaired) electrons. The van der Waals surface area contributed by atoms with Crippen LogP contribution in [0.5, 0.6) is 0 Å². The number of aromatic nitrogens is 2. The number of nitrogens with one attached hydrogen (secondary N) is 1. The Morgan fingerprint density at radius 3 is 2.44 bits per heavy atom. The molecule has 2 aliphatic carbocycles. The zero-order valence-corrected chi connectivity index (χ0v) is 17.9. The van der Waals surface area contributed by atoms with E-state index in [2.05, 4.69) is 10.4 Å². The Labute approximate surface area is 163 Å². The fraction of sp³-hybridized carbons (Fsp3) is 0.579. The second-order valence-electron chi connectivity index (χ2n) is 8.47. The van der Waals surface area contributed by atoms with E-state index < -0.39 is 18.8 Å². The highest BCUT2D eigenvalue weighted by Crippen LogP contribution is 2.69. The van der Waals surface area contributed by atoms with Gasteiger partial charge in [0, 0.05) is 18.4 Å². The van der Waals surface area contributed by atoms with Gasteiger partial charge in [0.25, 0.3) is 0 Å². The molecule has 0 aromatic carbocycles. The van der Waals surface area contributed by atoms with Crippen molar-refractivity contribution in [1.82, 2.24) is 9.78 Å². The predicted octanol–water partition coefficient (Wildman–Crippen LogP) is 4.81. The Kier molecular flexibility index (Phi) is 4.51. The molecule has 4 rings (SSSR count). The first kappa shape index (κ1) is 18.8. The zero-order valence-electron chi connectivity index (χ0n) is 16.2. The standard InChI is InChI=1S/C19H26N3O3PS/c1-19(2,3)25-18(23)20-16-10-9-15(27-16)14-11-17(22(4)21-14)26(24,12-5-6-12)13-7-8-13/h9-13H,5-8H2,1-4H3,(H,20,23). The molecule has 2 aromatic heterocycles. The minimum Gasteiger partial charge on any atom is -0.444 e. The molecule has 2 saturated carbocycles. The summed E-state index contributed by atoms with van der Waals surface area (Å²) in [5.74, 6) is 0. The number of nitrogens with zero attached hydrogens (tertiary/aromatic N) is 2. The maximum absolute atomic E-state index is 13.8. The fourth-order valence-electron chi connectivity index (χ4n) is 3.44. The van der Waals surface area contributed by atoms with E-state index in [1.807, 2.05) is 50.7 Å². The van der Waals surface area contributed by atoms with Crippen molar-refractivity contribution in [3.8, 4) is 10.6 Å². The lowest BCUT2D eigenvalue weighted by molar-refractivity contribution is 0.0636. The number of hydrogen-bond donors (Lipinski definition) is 1. The molecule has 27 heavy (non-hydrogen) atoms. The Balaban J connectivity index is 1.54. The number of carbonyl (C=O) groups is 1. The van der Waals surface area contributed by atoms with Gasteiger partial charge in [-0.05, 0) is 64.7 Å². The summed E-state index contributed by atoms with van der Waals surface area (Å²) in [6, 6.07) is 5.78. The van der Waals surface area contributed by atoms with Crippen molar-refractivity contribution in [3.05, 3.63) is 18.2 Å². The van der Waals surface area contributed by atoms with Crippen LogP contribution in [0, 0.1) is 0 Å². The Morgan fingerprint density at radius 1 is 1.26 bits per heavy atom. The minimum atomic E-state index is -2.35. The number of ether oxygens (including phenoxy) is 1. The lowest BCUT2D eigenvalue weighted by Crippen LogP contribution is -2.26. The maximum Gasteiger partial charge on any atom is 0.412 e. The summed E-state index contributed by atoms with van der Waals surface area (Å²) < 4.78 is 20.9. The van der Waals surface area contributed by atoms with Crippen molar-refractivity contribution in [2.24, 2.45) is 7.05 Å². The number of hydrogen-bond acceptors (Lipinski definition) is 5. The van der Waals surface area contributed by atoms with Crippen LogP contribution in [-0.2, 0) is 16.3 Å². The van der Waals surface area contributed by atoms with Gasteiger partial charge in [-0.1, -0.05) is 0 Å². The van der Waals surface area contributed by atoms with Gasteiger partial charge in [0.05, 0.1) is 15.3 Å². The molecular formula is C19H26N3O3PS. The van der Waals surface area contributed by atoms with Crippen molar-refractivity contribution < 1.29 is 14.1 Å². The number of thiophene rings is 1. The molecule has 0 saturated heterocycles. The highest BCUT2D eigenvalue weighted by atomic mass is 32.1. The summed E-state index contributed by atoms with van der Waals surface area (Å²) in [6.07, 6.45) is 3.85. The van der Waals surface area contributed by atoms with Gasteiger partial charge in [-0.15, -0.1) is 11.3 Å². The number of rotatable bonds is 5. The lowest BCUT2D eigenvalue weighted by Gasteiger charge is -2.19. The van der Waals surface area contributed by atoms with Gasteiger partial charge in [0.2, 0.25) is 0 Å². The highest BCUT2D eigenvalue weighted by molar-refractivity contribution is 7.73. The third-order valence-corrected chi connectivity index (χ3v) is 10.2. The summed E-state index contributed by atoms with van der Waals surface area (Å²) in [5, 5.41) is 8.10. The van der Waals surface area contributed by atoms with E-state index in [-0.39, 0.29) is 0 Å². The third-order valence-electron chi connectivity index (χ3n) is 4.87. The molecule has 2 heterocycles. The monoisotopic (exact) mass is 407 g/mol. The van der Waals surface area contributed by atoms with Crippen LogP contribution >= 0.6 is 18.5 Å². The molecular weight excluding hydrogens is 381 g/mol. The minimum absolute atomic E-state index is 0.362. The van der Waals surface area contributed by atoms with Gasteiger partial charge in [-0.3, -0.25) is 10.00 Å². The largest absolute Gasteiger partial charge is 0.444 e. The molecule has 146 valence electrons. The Morgan fingerprint density at radius 2 is 1.89 bits per heavy atom. The first-order chi connectivity index (χ1) is 12.7. The molecule has 0 spiro atoms. The second kappa shape index (κ2) is 6.49. The molecule has 1 amide bonds. The van der Waals surface area contributed by atoms with Crippen LogP contribution in [0.15, 0.2) is 18.2 Å². The smallest absolute Gasteiger partial charge is 0.412 e. The summed E-state index contributed by atoms with van der Waals surface area (Å²) >= 11 is 1.44. The van der Waals surface area contributed by atoms with Crippen LogP contribution in [0.4, 0.5) is 9.80 Å². The summed E-state index contributed by atoms with van der Waals surface area (Å²) in [4.78, 5) is 12.9. The summed E-state index contributed by atoms with van der Waals surface area (Å²) in [5.41, 5.74) is 1.92. The van der Waals surface area contributed by atoms with Gasteiger partial charge in [0.1, 0.15) is 18.4 Å². The Bertz CT molecular complexity index is 903. The van der Waals surface area contributed by atoms with E-state index in [9.17, 15) is 9.36 Å². The molecule has 6 nitrogen and oxygen atoms in total. The van der Waals surface area contributed by atoms with E-state index in [0.29, 0.717) is 16.3 Å². The molecule has 2 fully saturated rings. The van der Waals surface area contributed by atoms with Gasteiger partial charge in [-0.2, -0.15) is 5.10 Å². The number of carbonyl (C=O) groups excluding carboxylic acids is 1. The van der Waals surface area contributed by atoms with E-state index >= 15 is 0 Å². The third kappa shape index (κ3) is 3.85. The maximum atomic E-state index is 13.8. The first-order valence-electron chi connectivity index (χ1n) is 9.41. The van der Waals surface area contributed by atoms with Gasteiger partial charge in [-0.25, -0.2) is 4.79 Å². The molecule has 0 unspecified atom stereocenters. The quantitative estimate of drug-likeness (QED) is 0.722. The van der Waals surface area contributed by atoms with Crippen molar-refractivity contribution in [3.63, 3.8) is 0 Å². The van der Waals surface area contributed by atoms with Gasteiger partial charge in [0.15, 0.2) is 0 Å². The van der Waals surface area contributed by atoms with Crippen LogP contribution in [-0.4, -0.2) is 32.8 Å².